The van der Waals surface area contributed by atoms with E-state index in [0.717, 1.165) is 32.6 Å². The molecule has 4 aliphatic rings. The smallest absolute Gasteiger partial charge is 0.325 e. The third kappa shape index (κ3) is 1.12. The molecule has 4 fully saturated rings. The molecule has 0 radical (unpaired) electrons. The molecular weight excluding hydrogens is 189 g/mol. The maximum absolute atomic E-state index is 11.0. The van der Waals surface area contributed by atoms with Gasteiger partial charge in [-0.25, -0.2) is 0 Å². The number of rotatable bonds is 1. The number of nitrogens with zero attached hydrogens (tertiary/aromatic N) is 3. The zero-order chi connectivity index (χ0) is 9.00. The first-order valence-electron chi connectivity index (χ1n) is 4.40. The maximum Gasteiger partial charge on any atom is 0.325 e. The van der Waals surface area contributed by atoms with Gasteiger partial charge in [-0.1, -0.05) is 0 Å². The predicted octanol–water partition coefficient (Wildman–Crippen LogP) is -0.387. The van der Waals surface area contributed by atoms with Crippen LogP contribution in [0.4, 0.5) is 0 Å². The average Bonchev–Trinajstić information content (AvgIpc) is 2.00. The molecule has 4 aliphatic heterocycles. The quantitative estimate of drug-likeness (QED) is 0.586. The van der Waals surface area contributed by atoms with Crippen molar-refractivity contribution in [3.8, 4) is 0 Å². The van der Waals surface area contributed by atoms with E-state index in [1.165, 1.54) is 0 Å². The number of aliphatic carboxylic acids is 1. The lowest BCUT2D eigenvalue weighted by Crippen LogP contribution is -2.67. The topological polar surface area (TPSA) is 47.0 Å². The van der Waals surface area contributed by atoms with Gasteiger partial charge in [0, 0.05) is 12.6 Å². The van der Waals surface area contributed by atoms with Gasteiger partial charge in [0.05, 0.1) is 20.0 Å². The van der Waals surface area contributed by atoms with Crippen LogP contribution in [0.15, 0.2) is 0 Å². The number of hydrogen-bond donors (Lipinski definition) is 1. The van der Waals surface area contributed by atoms with E-state index < -0.39 is 5.97 Å². The Morgan fingerprint density at radius 3 is 2.31 bits per heavy atom. The molecule has 4 rings (SSSR count). The molecule has 5 nitrogen and oxygen atoms in total. The highest BCUT2D eigenvalue weighted by atomic mass is 31.1. The van der Waals surface area contributed by atoms with Gasteiger partial charge in [-0.3, -0.25) is 19.5 Å². The minimum atomic E-state index is -0.618. The van der Waals surface area contributed by atoms with Crippen molar-refractivity contribution in [2.45, 2.75) is 5.78 Å². The van der Waals surface area contributed by atoms with Crippen LogP contribution in [-0.4, -0.2) is 64.1 Å². The van der Waals surface area contributed by atoms with E-state index in [4.69, 9.17) is 5.11 Å². The van der Waals surface area contributed by atoms with Crippen LogP contribution < -0.4 is 0 Å². The number of carbonyl (C=O) groups is 1. The molecule has 13 heavy (non-hydrogen) atoms. The fourth-order valence-corrected chi connectivity index (χ4v) is 5.23. The van der Waals surface area contributed by atoms with Crippen LogP contribution in [0.2, 0.25) is 0 Å². The van der Waals surface area contributed by atoms with E-state index in [1.54, 1.807) is 0 Å². The van der Waals surface area contributed by atoms with Crippen LogP contribution in [0.3, 0.4) is 0 Å². The van der Waals surface area contributed by atoms with Gasteiger partial charge < -0.3 is 5.11 Å². The summed E-state index contributed by atoms with van der Waals surface area (Å²) in [4.78, 5) is 17.8. The summed E-state index contributed by atoms with van der Waals surface area (Å²) in [6.45, 7) is 2.75. The lowest BCUT2D eigenvalue weighted by atomic mass is 10.4. The van der Waals surface area contributed by atoms with E-state index in [-0.39, 0.29) is 13.7 Å². The monoisotopic (exact) mass is 201 g/mol. The van der Waals surface area contributed by atoms with Gasteiger partial charge in [0.25, 0.3) is 0 Å². The van der Waals surface area contributed by atoms with Gasteiger partial charge in [-0.05, 0) is 7.92 Å². The zero-order valence-electron chi connectivity index (χ0n) is 7.26. The molecule has 3 atom stereocenters. The van der Waals surface area contributed by atoms with Crippen LogP contribution in [-0.2, 0) is 4.79 Å². The third-order valence-corrected chi connectivity index (χ3v) is 5.61. The molecule has 4 bridgehead atoms. The van der Waals surface area contributed by atoms with E-state index in [2.05, 4.69) is 14.7 Å². The number of carboxylic acid groups (broad SMARTS) is 1. The highest BCUT2D eigenvalue weighted by Crippen LogP contribution is 2.52. The van der Waals surface area contributed by atoms with E-state index in [9.17, 15) is 4.79 Å². The number of carboxylic acids is 1. The molecule has 4 saturated heterocycles. The van der Waals surface area contributed by atoms with Crippen molar-refractivity contribution in [2.75, 3.05) is 32.6 Å². The van der Waals surface area contributed by atoms with Crippen LogP contribution >= 0.6 is 7.92 Å². The van der Waals surface area contributed by atoms with Crippen molar-refractivity contribution in [1.29, 1.82) is 0 Å². The van der Waals surface area contributed by atoms with Crippen molar-refractivity contribution >= 4 is 13.9 Å². The second-order valence-corrected chi connectivity index (χ2v) is 6.17. The maximum atomic E-state index is 11.0. The lowest BCUT2D eigenvalue weighted by Gasteiger charge is -2.57. The van der Waals surface area contributed by atoms with Crippen molar-refractivity contribution < 1.29 is 9.90 Å². The summed E-state index contributed by atoms with van der Waals surface area (Å²) < 4.78 is 0. The Labute approximate surface area is 77.6 Å². The summed E-state index contributed by atoms with van der Waals surface area (Å²) >= 11 is 0. The Hall–Kier alpha value is -0.220. The first-order valence-corrected chi connectivity index (χ1v) is 6.18. The second-order valence-electron chi connectivity index (χ2n) is 3.94. The normalized spacial score (nSPS) is 52.5. The van der Waals surface area contributed by atoms with E-state index in [0.29, 0.717) is 0 Å². The zero-order valence-corrected chi connectivity index (χ0v) is 8.15. The second kappa shape index (κ2) is 2.64. The molecule has 0 saturated carbocycles. The average molecular weight is 201 g/mol. The van der Waals surface area contributed by atoms with Crippen LogP contribution in [0.25, 0.3) is 0 Å². The summed E-state index contributed by atoms with van der Waals surface area (Å²) in [5.41, 5.74) is 0. The van der Waals surface area contributed by atoms with Crippen LogP contribution in [0.1, 0.15) is 0 Å². The standard InChI is InChI=1S/C7H12N3O2P/c11-7(12)6-10-2-8-1-9(3-10)5-13(6)4-8/h6H,1-5H2,(H,11,12). The van der Waals surface area contributed by atoms with Crippen LogP contribution in [0, 0.1) is 0 Å². The fourth-order valence-electron chi connectivity index (χ4n) is 2.52. The molecule has 0 aromatic carbocycles. The highest BCUT2D eigenvalue weighted by Gasteiger charge is 2.47. The Balaban J connectivity index is 1.89. The van der Waals surface area contributed by atoms with Crippen molar-refractivity contribution in [2.24, 2.45) is 0 Å². The molecule has 0 aromatic rings. The lowest BCUT2D eigenvalue weighted by molar-refractivity contribution is -0.146. The van der Waals surface area contributed by atoms with Gasteiger partial charge in [-0.15, -0.1) is 0 Å². The Bertz CT molecular complexity index is 232. The van der Waals surface area contributed by atoms with Gasteiger partial charge in [0.1, 0.15) is 5.78 Å². The predicted molar refractivity (Wildman–Crippen MR) is 48.2 cm³/mol. The van der Waals surface area contributed by atoms with Gasteiger partial charge in [0.15, 0.2) is 0 Å². The molecule has 0 aliphatic carbocycles. The van der Waals surface area contributed by atoms with Gasteiger partial charge >= 0.3 is 5.97 Å². The molecule has 6 heteroatoms. The molecule has 72 valence electrons. The van der Waals surface area contributed by atoms with Crippen molar-refractivity contribution in [3.63, 3.8) is 0 Å². The van der Waals surface area contributed by atoms with E-state index >= 15 is 0 Å². The van der Waals surface area contributed by atoms with Crippen molar-refractivity contribution in [3.05, 3.63) is 0 Å². The SMILES string of the molecule is O=C(O)C1N2CN3CN(C2)CP1C3. The molecule has 4 heterocycles. The molecule has 0 aromatic heterocycles. The number of hydrogen-bond acceptors (Lipinski definition) is 4. The molecule has 1 N–H and O–H groups in total. The highest BCUT2D eigenvalue weighted by molar-refractivity contribution is 7.59. The van der Waals surface area contributed by atoms with E-state index in [1.807, 2.05) is 0 Å². The van der Waals surface area contributed by atoms with Crippen molar-refractivity contribution in [1.82, 2.24) is 14.7 Å². The Morgan fingerprint density at radius 2 is 1.85 bits per heavy atom. The Kier molecular flexibility index (Phi) is 1.65. The fraction of sp³-hybridized carbons (Fsp3) is 0.857. The third-order valence-electron chi connectivity index (χ3n) is 2.84. The first kappa shape index (κ1) is 8.12. The van der Waals surface area contributed by atoms with Crippen LogP contribution in [0.5, 0.6) is 0 Å². The first-order chi connectivity index (χ1) is 6.24. The summed E-state index contributed by atoms with van der Waals surface area (Å²) in [5, 5.41) is 9.08. The molecule has 3 unspecified atom stereocenters. The van der Waals surface area contributed by atoms with Gasteiger partial charge in [0.2, 0.25) is 0 Å². The minimum Gasteiger partial charge on any atom is -0.480 e. The molecule has 0 amide bonds. The summed E-state index contributed by atoms with van der Waals surface area (Å²) in [5.74, 6) is -0.782. The molecule has 0 spiro atoms. The minimum absolute atomic E-state index is 0.164. The largest absolute Gasteiger partial charge is 0.480 e. The Morgan fingerprint density at radius 1 is 1.23 bits per heavy atom. The summed E-state index contributed by atoms with van der Waals surface area (Å²) in [6, 6.07) is 0. The summed E-state index contributed by atoms with van der Waals surface area (Å²) in [6.07, 6.45) is 2.05. The molecular formula is C7H12N3O2P. The summed E-state index contributed by atoms with van der Waals surface area (Å²) in [7, 11) is -0.336. The van der Waals surface area contributed by atoms with Gasteiger partial charge in [-0.2, -0.15) is 0 Å².